The van der Waals surface area contributed by atoms with Crippen LogP contribution in [0.5, 0.6) is 0 Å². The van der Waals surface area contributed by atoms with Crippen LogP contribution in [-0.2, 0) is 16.1 Å². The lowest BCUT2D eigenvalue weighted by atomic mass is 10.1. The molecular weight excluding hydrogens is 338 g/mol. The molecule has 1 heterocycles. The summed E-state index contributed by atoms with van der Waals surface area (Å²) in [6.07, 6.45) is 0.693. The van der Waals surface area contributed by atoms with Crippen LogP contribution in [0, 0.1) is 0 Å². The van der Waals surface area contributed by atoms with Gasteiger partial charge in [-0.3, -0.25) is 14.4 Å². The van der Waals surface area contributed by atoms with Gasteiger partial charge in [0.05, 0.1) is 0 Å². The van der Waals surface area contributed by atoms with Crippen LogP contribution in [0.3, 0.4) is 0 Å². The van der Waals surface area contributed by atoms with Crippen molar-refractivity contribution in [3.63, 3.8) is 0 Å². The average Bonchev–Trinajstić information content (AvgIpc) is 2.61. The molecule has 0 saturated heterocycles. The minimum Gasteiger partial charge on any atom is -0.453 e. The molecule has 1 aromatic heterocycles. The van der Waals surface area contributed by atoms with E-state index in [0.717, 1.165) is 0 Å². The Kier molecular flexibility index (Phi) is 6.37. The van der Waals surface area contributed by atoms with Gasteiger partial charge in [0, 0.05) is 30.8 Å². The first-order chi connectivity index (χ1) is 12.4. The van der Waals surface area contributed by atoms with Gasteiger partial charge in [-0.2, -0.15) is 5.10 Å². The number of rotatable bonds is 7. The number of Topliss-reactive ketones (excluding diaryl/α,β-unsaturated/α-hetero) is 1. The van der Waals surface area contributed by atoms with Crippen LogP contribution in [0.4, 0.5) is 5.69 Å². The third-order valence-corrected chi connectivity index (χ3v) is 3.37. The van der Waals surface area contributed by atoms with Crippen LogP contribution in [0.15, 0.2) is 41.2 Å². The Balaban J connectivity index is 1.98. The summed E-state index contributed by atoms with van der Waals surface area (Å²) in [5.41, 5.74) is 0.565. The zero-order chi connectivity index (χ0) is 19.1. The van der Waals surface area contributed by atoms with Crippen LogP contribution in [0.25, 0.3) is 0 Å². The number of nitrogens with zero attached hydrogens (tertiary/aromatic N) is 2. The fraction of sp³-hybridized carbons (Fsp3) is 0.278. The summed E-state index contributed by atoms with van der Waals surface area (Å²) in [4.78, 5) is 46.7. The van der Waals surface area contributed by atoms with Crippen molar-refractivity contribution < 1.29 is 19.1 Å². The summed E-state index contributed by atoms with van der Waals surface area (Å²) >= 11 is 0. The largest absolute Gasteiger partial charge is 0.453 e. The number of hydrogen-bond donors (Lipinski definition) is 1. The number of hydrogen-bond acceptors (Lipinski definition) is 6. The van der Waals surface area contributed by atoms with Gasteiger partial charge in [0.2, 0.25) is 5.91 Å². The van der Waals surface area contributed by atoms with Crippen LogP contribution >= 0.6 is 0 Å². The predicted octanol–water partition coefficient (Wildman–Crippen LogP) is 1.65. The fourth-order valence-corrected chi connectivity index (χ4v) is 2.16. The standard InChI is InChI=1S/C18H19N3O5/c1-3-10-21-17(24)9-8-15(20-21)18(25)26-11-16(23)13-4-6-14(7-5-13)19-12(2)22/h4-9H,3,10-11H2,1-2H3,(H,19,22). The number of carbonyl (C=O) groups excluding carboxylic acids is 3. The van der Waals surface area contributed by atoms with Crippen molar-refractivity contribution in [2.24, 2.45) is 0 Å². The lowest BCUT2D eigenvalue weighted by molar-refractivity contribution is -0.114. The van der Waals surface area contributed by atoms with E-state index in [-0.39, 0.29) is 17.2 Å². The topological polar surface area (TPSA) is 107 Å². The molecule has 0 fully saturated rings. The quantitative estimate of drug-likeness (QED) is 0.596. The first kappa shape index (κ1) is 19.0. The molecule has 2 rings (SSSR count). The van der Waals surface area contributed by atoms with E-state index in [1.165, 1.54) is 35.9 Å². The predicted molar refractivity (Wildman–Crippen MR) is 94.1 cm³/mol. The van der Waals surface area contributed by atoms with E-state index >= 15 is 0 Å². The number of amides is 1. The Bertz CT molecular complexity index is 871. The van der Waals surface area contributed by atoms with E-state index in [2.05, 4.69) is 10.4 Å². The summed E-state index contributed by atoms with van der Waals surface area (Å²) in [5, 5.41) is 6.52. The molecule has 8 nitrogen and oxygen atoms in total. The number of benzene rings is 1. The summed E-state index contributed by atoms with van der Waals surface area (Å²) in [6, 6.07) is 8.73. The van der Waals surface area contributed by atoms with E-state index in [1.807, 2.05) is 6.92 Å². The highest BCUT2D eigenvalue weighted by Crippen LogP contribution is 2.10. The second kappa shape index (κ2) is 8.70. The molecular formula is C18H19N3O5. The van der Waals surface area contributed by atoms with Crippen LogP contribution in [0.2, 0.25) is 0 Å². The number of nitrogens with one attached hydrogen (secondary N) is 1. The summed E-state index contributed by atoms with van der Waals surface area (Å²) in [5.74, 6) is -1.39. The van der Waals surface area contributed by atoms with E-state index in [4.69, 9.17) is 4.74 Å². The average molecular weight is 357 g/mol. The number of ether oxygens (including phenoxy) is 1. The Morgan fingerprint density at radius 2 is 1.81 bits per heavy atom. The summed E-state index contributed by atoms with van der Waals surface area (Å²) in [6.45, 7) is 3.21. The SMILES string of the molecule is CCCn1nc(C(=O)OCC(=O)c2ccc(NC(C)=O)cc2)ccc1=O. The van der Waals surface area contributed by atoms with Gasteiger partial charge in [0.1, 0.15) is 0 Å². The number of carbonyl (C=O) groups is 3. The first-order valence-corrected chi connectivity index (χ1v) is 8.07. The maximum absolute atomic E-state index is 12.1. The molecule has 1 N–H and O–H groups in total. The van der Waals surface area contributed by atoms with Crippen molar-refractivity contribution in [3.8, 4) is 0 Å². The highest BCUT2D eigenvalue weighted by Gasteiger charge is 2.14. The van der Waals surface area contributed by atoms with E-state index in [9.17, 15) is 19.2 Å². The lowest BCUT2D eigenvalue weighted by Gasteiger charge is -2.07. The number of ketones is 1. The Morgan fingerprint density at radius 1 is 1.12 bits per heavy atom. The third-order valence-electron chi connectivity index (χ3n) is 3.37. The van der Waals surface area contributed by atoms with Gasteiger partial charge in [-0.25, -0.2) is 9.48 Å². The third kappa shape index (κ3) is 5.10. The zero-order valence-corrected chi connectivity index (χ0v) is 14.5. The normalized spacial score (nSPS) is 10.2. The van der Waals surface area contributed by atoms with Gasteiger partial charge in [-0.15, -0.1) is 0 Å². The molecule has 8 heteroatoms. The molecule has 0 aliphatic rings. The maximum atomic E-state index is 12.1. The molecule has 1 aromatic carbocycles. The molecule has 0 unspecified atom stereocenters. The molecule has 0 saturated carbocycles. The molecule has 0 spiro atoms. The number of esters is 1. The lowest BCUT2D eigenvalue weighted by Crippen LogP contribution is -2.25. The van der Waals surface area contributed by atoms with Gasteiger partial charge in [0.15, 0.2) is 18.1 Å². The van der Waals surface area contributed by atoms with Crippen LogP contribution in [-0.4, -0.2) is 34.0 Å². The summed E-state index contributed by atoms with van der Waals surface area (Å²) < 4.78 is 6.16. The van der Waals surface area contributed by atoms with Crippen molar-refractivity contribution in [2.75, 3.05) is 11.9 Å². The van der Waals surface area contributed by atoms with Crippen molar-refractivity contribution in [1.82, 2.24) is 9.78 Å². The Morgan fingerprint density at radius 3 is 2.42 bits per heavy atom. The number of aromatic nitrogens is 2. The molecule has 2 aromatic rings. The minimum atomic E-state index is -0.780. The maximum Gasteiger partial charge on any atom is 0.359 e. The molecule has 0 bridgehead atoms. The van der Waals surface area contributed by atoms with Gasteiger partial charge < -0.3 is 10.1 Å². The highest BCUT2D eigenvalue weighted by molar-refractivity contribution is 5.99. The molecule has 0 atom stereocenters. The first-order valence-electron chi connectivity index (χ1n) is 8.07. The second-order valence-corrected chi connectivity index (χ2v) is 5.54. The molecule has 0 radical (unpaired) electrons. The number of anilines is 1. The van der Waals surface area contributed by atoms with Crippen molar-refractivity contribution in [3.05, 3.63) is 58.0 Å². The van der Waals surface area contributed by atoms with Crippen molar-refractivity contribution >= 4 is 23.3 Å². The minimum absolute atomic E-state index is 0.0353. The van der Waals surface area contributed by atoms with Gasteiger partial charge >= 0.3 is 5.97 Å². The molecule has 136 valence electrons. The molecule has 1 amide bonds. The summed E-state index contributed by atoms with van der Waals surface area (Å²) in [7, 11) is 0. The molecule has 26 heavy (non-hydrogen) atoms. The zero-order valence-electron chi connectivity index (χ0n) is 14.5. The van der Waals surface area contributed by atoms with Gasteiger partial charge in [-0.05, 0) is 36.8 Å². The Labute approximate surface area is 149 Å². The van der Waals surface area contributed by atoms with Crippen LogP contribution < -0.4 is 10.9 Å². The molecule has 0 aliphatic heterocycles. The molecule has 0 aliphatic carbocycles. The van der Waals surface area contributed by atoms with E-state index in [0.29, 0.717) is 24.2 Å². The number of aryl methyl sites for hydroxylation is 1. The van der Waals surface area contributed by atoms with Crippen molar-refractivity contribution in [2.45, 2.75) is 26.8 Å². The van der Waals surface area contributed by atoms with Crippen molar-refractivity contribution in [1.29, 1.82) is 0 Å². The fourth-order valence-electron chi connectivity index (χ4n) is 2.16. The van der Waals surface area contributed by atoms with Gasteiger partial charge in [-0.1, -0.05) is 6.92 Å². The van der Waals surface area contributed by atoms with Gasteiger partial charge in [0.25, 0.3) is 5.56 Å². The monoisotopic (exact) mass is 357 g/mol. The Hall–Kier alpha value is -3.29. The smallest absolute Gasteiger partial charge is 0.359 e. The highest BCUT2D eigenvalue weighted by atomic mass is 16.5. The van der Waals surface area contributed by atoms with Crippen LogP contribution in [0.1, 0.15) is 41.1 Å². The van der Waals surface area contributed by atoms with E-state index in [1.54, 1.807) is 12.1 Å². The second-order valence-electron chi connectivity index (χ2n) is 5.54. The van der Waals surface area contributed by atoms with E-state index < -0.39 is 18.4 Å².